The van der Waals surface area contributed by atoms with Crippen LogP contribution in [-0.2, 0) is 4.74 Å². The van der Waals surface area contributed by atoms with Gasteiger partial charge in [0.2, 0.25) is 0 Å². The van der Waals surface area contributed by atoms with Crippen LogP contribution in [0.2, 0.25) is 0 Å². The Hall–Kier alpha value is -2.27. The first kappa shape index (κ1) is 12.5. The monoisotopic (exact) mass is 281 g/mol. The summed E-state index contributed by atoms with van der Waals surface area (Å²) < 4.78 is 7.29. The predicted octanol–water partition coefficient (Wildman–Crippen LogP) is 1.51. The van der Waals surface area contributed by atoms with Crippen molar-refractivity contribution >= 4 is 22.2 Å². The minimum absolute atomic E-state index is 0.752. The molecular formula is C16H17N4O+. The van der Waals surface area contributed by atoms with Gasteiger partial charge in [0.15, 0.2) is 0 Å². The second kappa shape index (κ2) is 4.93. The Morgan fingerprint density at radius 1 is 1.14 bits per heavy atom. The van der Waals surface area contributed by atoms with Crippen LogP contribution in [0.4, 0.5) is 5.82 Å². The van der Waals surface area contributed by atoms with E-state index in [1.54, 1.807) is 0 Å². The van der Waals surface area contributed by atoms with Gasteiger partial charge in [0.05, 0.1) is 18.6 Å². The summed E-state index contributed by atoms with van der Waals surface area (Å²) in [4.78, 5) is 7.15. The average molecular weight is 281 g/mol. The van der Waals surface area contributed by atoms with Crippen LogP contribution in [-0.4, -0.2) is 36.4 Å². The number of aryl methyl sites for hydroxylation is 1. The van der Waals surface area contributed by atoms with Crippen molar-refractivity contribution in [2.45, 2.75) is 6.92 Å². The van der Waals surface area contributed by atoms with Gasteiger partial charge in [0.25, 0.3) is 5.82 Å². The minimum Gasteiger partial charge on any atom is -0.378 e. The highest BCUT2D eigenvalue weighted by molar-refractivity contribution is 5.91. The summed E-state index contributed by atoms with van der Waals surface area (Å²) in [5, 5.41) is 6.98. The number of morpholine rings is 1. The maximum atomic E-state index is 5.42. The Balaban J connectivity index is 1.95. The fourth-order valence-corrected chi connectivity index (χ4v) is 2.85. The molecule has 0 unspecified atom stereocenters. The Kier molecular flexibility index (Phi) is 2.93. The Labute approximate surface area is 122 Å². The molecule has 1 aliphatic heterocycles. The zero-order valence-corrected chi connectivity index (χ0v) is 12.0. The van der Waals surface area contributed by atoms with Crippen LogP contribution in [0.5, 0.6) is 0 Å². The van der Waals surface area contributed by atoms with E-state index in [0.29, 0.717) is 0 Å². The van der Waals surface area contributed by atoms with E-state index in [4.69, 9.17) is 9.72 Å². The van der Waals surface area contributed by atoms with E-state index in [0.717, 1.165) is 48.8 Å². The third-order valence-corrected chi connectivity index (χ3v) is 3.92. The fraction of sp³-hybridized carbons (Fsp3) is 0.312. The quantitative estimate of drug-likeness (QED) is 0.501. The molecule has 5 heteroatoms. The van der Waals surface area contributed by atoms with Gasteiger partial charge in [-0.3, -0.25) is 0 Å². The third kappa shape index (κ3) is 2.10. The molecule has 106 valence electrons. The molecule has 1 aromatic carbocycles. The number of anilines is 1. The van der Waals surface area contributed by atoms with Gasteiger partial charge >= 0.3 is 5.65 Å². The van der Waals surface area contributed by atoms with E-state index >= 15 is 0 Å². The van der Waals surface area contributed by atoms with Crippen LogP contribution < -0.4 is 9.42 Å². The summed E-state index contributed by atoms with van der Waals surface area (Å²) in [5.41, 5.74) is 1.85. The van der Waals surface area contributed by atoms with Gasteiger partial charge in [0.1, 0.15) is 11.9 Å². The van der Waals surface area contributed by atoms with Crippen molar-refractivity contribution in [3.8, 4) is 0 Å². The zero-order chi connectivity index (χ0) is 14.2. The molecule has 0 atom stereocenters. The van der Waals surface area contributed by atoms with Crippen molar-refractivity contribution in [3.63, 3.8) is 0 Å². The van der Waals surface area contributed by atoms with Crippen molar-refractivity contribution in [2.75, 3.05) is 31.2 Å². The summed E-state index contributed by atoms with van der Waals surface area (Å²) in [6.45, 7) is 5.26. The maximum absolute atomic E-state index is 5.42. The molecule has 5 nitrogen and oxygen atoms in total. The fourth-order valence-electron chi connectivity index (χ4n) is 2.85. The summed E-state index contributed by atoms with van der Waals surface area (Å²) in [7, 11) is 0. The Morgan fingerprint density at radius 3 is 2.81 bits per heavy atom. The summed E-state index contributed by atoms with van der Waals surface area (Å²) in [6.07, 6.45) is 1.97. The Morgan fingerprint density at radius 2 is 1.95 bits per heavy atom. The van der Waals surface area contributed by atoms with Crippen molar-refractivity contribution < 1.29 is 9.25 Å². The van der Waals surface area contributed by atoms with Gasteiger partial charge < -0.3 is 9.64 Å². The molecule has 0 N–H and O–H groups in total. The van der Waals surface area contributed by atoms with E-state index in [1.807, 2.05) is 29.8 Å². The first-order valence-electron chi connectivity index (χ1n) is 7.24. The van der Waals surface area contributed by atoms with Crippen LogP contribution >= 0.6 is 0 Å². The molecule has 21 heavy (non-hydrogen) atoms. The molecular weight excluding hydrogens is 264 g/mol. The molecule has 1 fully saturated rings. The number of pyridine rings is 1. The van der Waals surface area contributed by atoms with Crippen LogP contribution in [0, 0.1) is 6.92 Å². The predicted molar refractivity (Wildman–Crippen MR) is 80.5 cm³/mol. The number of ether oxygens (including phenoxy) is 1. The molecule has 2 aromatic heterocycles. The van der Waals surface area contributed by atoms with E-state index in [1.165, 1.54) is 5.39 Å². The number of rotatable bonds is 1. The lowest BCUT2D eigenvalue weighted by molar-refractivity contribution is -0.582. The Bertz CT molecular complexity index is 812. The van der Waals surface area contributed by atoms with Crippen molar-refractivity contribution in [2.24, 2.45) is 0 Å². The molecule has 0 bridgehead atoms. The van der Waals surface area contributed by atoms with Gasteiger partial charge in [-0.25, -0.2) is 0 Å². The molecule has 0 radical (unpaired) electrons. The minimum atomic E-state index is 0.752. The maximum Gasteiger partial charge on any atom is 0.358 e. The molecule has 4 rings (SSSR count). The molecule has 0 aliphatic carbocycles. The molecule has 0 amide bonds. The molecule has 1 saturated heterocycles. The van der Waals surface area contributed by atoms with Crippen LogP contribution in [0.25, 0.3) is 16.4 Å². The highest BCUT2D eigenvalue weighted by Gasteiger charge is 2.23. The summed E-state index contributed by atoms with van der Waals surface area (Å²) in [5.74, 6) is 0.967. The zero-order valence-electron chi connectivity index (χ0n) is 12.0. The number of benzene rings is 1. The number of hydrogen-bond donors (Lipinski definition) is 0. The molecule has 1 aliphatic rings. The SMILES string of the molecule is Cc1n[n+]2ccc3ccccc3c2nc1N1CCOCC1. The molecule has 0 spiro atoms. The highest BCUT2D eigenvalue weighted by Crippen LogP contribution is 2.20. The molecule has 0 saturated carbocycles. The topological polar surface area (TPSA) is 42.4 Å². The molecule has 3 aromatic rings. The second-order valence-corrected chi connectivity index (χ2v) is 5.29. The van der Waals surface area contributed by atoms with Gasteiger partial charge in [-0.05, 0) is 29.4 Å². The number of aromatic nitrogens is 3. The van der Waals surface area contributed by atoms with Crippen molar-refractivity contribution in [1.29, 1.82) is 0 Å². The van der Waals surface area contributed by atoms with E-state index in [9.17, 15) is 0 Å². The van der Waals surface area contributed by atoms with Crippen molar-refractivity contribution in [1.82, 2.24) is 10.1 Å². The number of nitrogens with zero attached hydrogens (tertiary/aromatic N) is 4. The van der Waals surface area contributed by atoms with Gasteiger partial charge in [0, 0.05) is 13.1 Å². The number of fused-ring (bicyclic) bond motifs is 3. The van der Waals surface area contributed by atoms with Crippen LogP contribution in [0.3, 0.4) is 0 Å². The van der Waals surface area contributed by atoms with Gasteiger partial charge in [-0.15, -0.1) is 4.52 Å². The smallest absolute Gasteiger partial charge is 0.358 e. The lowest BCUT2D eigenvalue weighted by Gasteiger charge is -2.25. The van der Waals surface area contributed by atoms with E-state index in [-0.39, 0.29) is 0 Å². The summed E-state index contributed by atoms with van der Waals surface area (Å²) >= 11 is 0. The van der Waals surface area contributed by atoms with Gasteiger partial charge in [-0.1, -0.05) is 23.3 Å². The second-order valence-electron chi connectivity index (χ2n) is 5.29. The van der Waals surface area contributed by atoms with E-state index < -0.39 is 0 Å². The summed E-state index contributed by atoms with van der Waals surface area (Å²) in [6, 6.07) is 10.4. The van der Waals surface area contributed by atoms with Crippen molar-refractivity contribution in [3.05, 3.63) is 42.2 Å². The average Bonchev–Trinajstić information content (AvgIpc) is 2.55. The normalized spacial score (nSPS) is 15.8. The largest absolute Gasteiger partial charge is 0.378 e. The first-order chi connectivity index (χ1) is 10.3. The van der Waals surface area contributed by atoms with Gasteiger partial charge in [-0.2, -0.15) is 0 Å². The standard InChI is InChI=1S/C16H17N4O/c1-12-15(19-8-10-21-11-9-19)17-16-14-5-3-2-4-13(14)6-7-20(16)18-12/h2-7H,8-11H2,1H3/q+1. The van der Waals surface area contributed by atoms with Crippen LogP contribution in [0.15, 0.2) is 36.5 Å². The lowest BCUT2D eigenvalue weighted by atomic mass is 10.2. The van der Waals surface area contributed by atoms with Crippen LogP contribution in [0.1, 0.15) is 5.69 Å². The van der Waals surface area contributed by atoms with E-state index in [2.05, 4.69) is 28.2 Å². The highest BCUT2D eigenvalue weighted by atomic mass is 16.5. The number of hydrogen-bond acceptors (Lipinski definition) is 4. The lowest BCUT2D eigenvalue weighted by Crippen LogP contribution is -2.39. The third-order valence-electron chi connectivity index (χ3n) is 3.92. The molecule has 3 heterocycles. The first-order valence-corrected chi connectivity index (χ1v) is 7.24.